The molecular weight excluding hydrogens is 190 g/mol. The maximum atomic E-state index is 5.30. The van der Waals surface area contributed by atoms with E-state index in [1.165, 1.54) is 12.1 Å². The fraction of sp³-hybridized carbons (Fsp3) is 0.364. The zero-order valence-corrected chi connectivity index (χ0v) is 8.44. The van der Waals surface area contributed by atoms with Gasteiger partial charge in [0.2, 0.25) is 0 Å². The lowest BCUT2D eigenvalue weighted by atomic mass is 10.2. The minimum Gasteiger partial charge on any atom is -0.443 e. The molecule has 1 N–H and O–H groups in total. The molecule has 1 aromatic heterocycles. The van der Waals surface area contributed by atoms with Crippen LogP contribution in [0.25, 0.3) is 11.1 Å². The second kappa shape index (κ2) is 3.55. The van der Waals surface area contributed by atoms with Gasteiger partial charge in [-0.2, -0.15) is 0 Å². The van der Waals surface area contributed by atoms with Crippen LogP contribution in [-0.4, -0.2) is 31.2 Å². The SMILES string of the molecule is c1nc2ccc(N3CCNCC3)cc2o1. The van der Waals surface area contributed by atoms with E-state index >= 15 is 0 Å². The Labute approximate surface area is 87.9 Å². The van der Waals surface area contributed by atoms with Crippen LogP contribution in [0.4, 0.5) is 5.69 Å². The number of nitrogens with zero attached hydrogens (tertiary/aromatic N) is 2. The molecule has 3 rings (SSSR count). The van der Waals surface area contributed by atoms with E-state index in [0.717, 1.165) is 37.3 Å². The van der Waals surface area contributed by atoms with Gasteiger partial charge in [0.25, 0.3) is 0 Å². The predicted molar refractivity (Wildman–Crippen MR) is 59.1 cm³/mol. The first-order valence-electron chi connectivity index (χ1n) is 5.22. The van der Waals surface area contributed by atoms with E-state index in [4.69, 9.17) is 4.42 Å². The van der Waals surface area contributed by atoms with Crippen LogP contribution in [0, 0.1) is 0 Å². The van der Waals surface area contributed by atoms with Gasteiger partial charge in [0, 0.05) is 37.9 Å². The minimum absolute atomic E-state index is 0.867. The number of fused-ring (bicyclic) bond motifs is 1. The first-order chi connectivity index (χ1) is 7.43. The minimum atomic E-state index is 0.867. The number of nitrogens with one attached hydrogen (secondary N) is 1. The van der Waals surface area contributed by atoms with Crippen LogP contribution < -0.4 is 10.2 Å². The van der Waals surface area contributed by atoms with Gasteiger partial charge in [0.1, 0.15) is 5.52 Å². The van der Waals surface area contributed by atoms with E-state index in [0.29, 0.717) is 0 Å². The summed E-state index contributed by atoms with van der Waals surface area (Å²) < 4.78 is 5.30. The summed E-state index contributed by atoms with van der Waals surface area (Å²) in [6.45, 7) is 4.21. The largest absolute Gasteiger partial charge is 0.443 e. The molecule has 0 atom stereocenters. The summed E-state index contributed by atoms with van der Waals surface area (Å²) in [5, 5.41) is 3.34. The van der Waals surface area contributed by atoms with Gasteiger partial charge in [-0.3, -0.25) is 0 Å². The maximum absolute atomic E-state index is 5.30. The standard InChI is InChI=1S/C11H13N3O/c1-2-10-11(15-8-13-10)7-9(1)14-5-3-12-4-6-14/h1-2,7-8,12H,3-6H2. The third-order valence-corrected chi connectivity index (χ3v) is 2.80. The molecule has 0 aliphatic carbocycles. The Balaban J connectivity index is 1.95. The fourth-order valence-electron chi connectivity index (χ4n) is 1.96. The van der Waals surface area contributed by atoms with Gasteiger partial charge in [0.15, 0.2) is 12.0 Å². The molecular formula is C11H13N3O. The molecule has 0 saturated carbocycles. The van der Waals surface area contributed by atoms with Crippen LogP contribution in [0.3, 0.4) is 0 Å². The molecule has 0 amide bonds. The van der Waals surface area contributed by atoms with Crippen molar-refractivity contribution in [2.24, 2.45) is 0 Å². The molecule has 1 aliphatic rings. The Morgan fingerprint density at radius 1 is 1.27 bits per heavy atom. The molecule has 0 spiro atoms. The van der Waals surface area contributed by atoms with Crippen LogP contribution in [-0.2, 0) is 0 Å². The maximum Gasteiger partial charge on any atom is 0.181 e. The Kier molecular flexibility index (Phi) is 2.07. The van der Waals surface area contributed by atoms with Gasteiger partial charge in [-0.15, -0.1) is 0 Å². The lowest BCUT2D eigenvalue weighted by Crippen LogP contribution is -2.43. The van der Waals surface area contributed by atoms with Crippen molar-refractivity contribution < 1.29 is 4.42 Å². The molecule has 1 aliphatic heterocycles. The van der Waals surface area contributed by atoms with Crippen molar-refractivity contribution in [1.82, 2.24) is 10.3 Å². The lowest BCUT2D eigenvalue weighted by molar-refractivity contribution is 0.586. The van der Waals surface area contributed by atoms with Crippen LogP contribution >= 0.6 is 0 Å². The summed E-state index contributed by atoms with van der Waals surface area (Å²) in [6.07, 6.45) is 1.49. The first-order valence-corrected chi connectivity index (χ1v) is 5.22. The molecule has 78 valence electrons. The molecule has 4 heteroatoms. The second-order valence-corrected chi connectivity index (χ2v) is 3.74. The third-order valence-electron chi connectivity index (χ3n) is 2.80. The van der Waals surface area contributed by atoms with Crippen molar-refractivity contribution in [3.05, 3.63) is 24.6 Å². The first kappa shape index (κ1) is 8.73. The summed E-state index contributed by atoms with van der Waals surface area (Å²) >= 11 is 0. The van der Waals surface area contributed by atoms with E-state index in [9.17, 15) is 0 Å². The smallest absolute Gasteiger partial charge is 0.181 e. The average molecular weight is 203 g/mol. The Hall–Kier alpha value is -1.55. The van der Waals surface area contributed by atoms with Crippen LogP contribution in [0.1, 0.15) is 0 Å². The molecule has 2 heterocycles. The highest BCUT2D eigenvalue weighted by molar-refractivity contribution is 5.77. The number of hydrogen-bond donors (Lipinski definition) is 1. The quantitative estimate of drug-likeness (QED) is 0.757. The van der Waals surface area contributed by atoms with E-state index < -0.39 is 0 Å². The van der Waals surface area contributed by atoms with Crippen molar-refractivity contribution >= 4 is 16.8 Å². The van der Waals surface area contributed by atoms with E-state index in [1.54, 1.807) is 0 Å². The number of anilines is 1. The number of oxazole rings is 1. The molecule has 0 unspecified atom stereocenters. The van der Waals surface area contributed by atoms with Crippen molar-refractivity contribution in [3.63, 3.8) is 0 Å². The zero-order valence-electron chi connectivity index (χ0n) is 8.44. The summed E-state index contributed by atoms with van der Waals surface area (Å²) in [5.41, 5.74) is 3.01. The van der Waals surface area contributed by atoms with Gasteiger partial charge < -0.3 is 14.6 Å². The zero-order chi connectivity index (χ0) is 10.1. The topological polar surface area (TPSA) is 41.3 Å². The van der Waals surface area contributed by atoms with Crippen molar-refractivity contribution in [3.8, 4) is 0 Å². The predicted octanol–water partition coefficient (Wildman–Crippen LogP) is 1.24. The average Bonchev–Trinajstić information content (AvgIpc) is 2.77. The van der Waals surface area contributed by atoms with Gasteiger partial charge in [-0.05, 0) is 12.1 Å². The monoisotopic (exact) mass is 203 g/mol. The van der Waals surface area contributed by atoms with Gasteiger partial charge in [0.05, 0.1) is 0 Å². The number of hydrogen-bond acceptors (Lipinski definition) is 4. The fourth-order valence-corrected chi connectivity index (χ4v) is 1.96. The Morgan fingerprint density at radius 2 is 2.13 bits per heavy atom. The lowest BCUT2D eigenvalue weighted by Gasteiger charge is -2.29. The van der Waals surface area contributed by atoms with Crippen LogP contribution in [0.5, 0.6) is 0 Å². The number of benzene rings is 1. The van der Waals surface area contributed by atoms with Crippen molar-refractivity contribution in [1.29, 1.82) is 0 Å². The highest BCUT2D eigenvalue weighted by Crippen LogP contribution is 2.21. The highest BCUT2D eigenvalue weighted by Gasteiger charge is 2.11. The summed E-state index contributed by atoms with van der Waals surface area (Å²) in [6, 6.07) is 6.18. The summed E-state index contributed by atoms with van der Waals surface area (Å²) in [7, 11) is 0. The highest BCUT2D eigenvalue weighted by atomic mass is 16.3. The van der Waals surface area contributed by atoms with Crippen LogP contribution in [0.2, 0.25) is 0 Å². The molecule has 2 aromatic rings. The van der Waals surface area contributed by atoms with Crippen molar-refractivity contribution in [2.45, 2.75) is 0 Å². The number of piperazine rings is 1. The number of aromatic nitrogens is 1. The third kappa shape index (κ3) is 1.57. The van der Waals surface area contributed by atoms with Crippen LogP contribution in [0.15, 0.2) is 29.0 Å². The molecule has 1 aromatic carbocycles. The molecule has 0 bridgehead atoms. The molecule has 1 fully saturated rings. The molecule has 4 nitrogen and oxygen atoms in total. The van der Waals surface area contributed by atoms with Gasteiger partial charge in [-0.25, -0.2) is 4.98 Å². The second-order valence-electron chi connectivity index (χ2n) is 3.74. The van der Waals surface area contributed by atoms with Gasteiger partial charge >= 0.3 is 0 Å². The normalized spacial score (nSPS) is 17.2. The molecule has 1 saturated heterocycles. The van der Waals surface area contributed by atoms with E-state index in [-0.39, 0.29) is 0 Å². The van der Waals surface area contributed by atoms with E-state index in [1.807, 2.05) is 6.07 Å². The van der Waals surface area contributed by atoms with Gasteiger partial charge in [-0.1, -0.05) is 0 Å². The summed E-state index contributed by atoms with van der Waals surface area (Å²) in [5.74, 6) is 0. The molecule has 15 heavy (non-hydrogen) atoms. The van der Waals surface area contributed by atoms with E-state index in [2.05, 4.69) is 27.3 Å². The summed E-state index contributed by atoms with van der Waals surface area (Å²) in [4.78, 5) is 6.47. The molecule has 0 radical (unpaired) electrons. The number of rotatable bonds is 1. The van der Waals surface area contributed by atoms with Crippen molar-refractivity contribution in [2.75, 3.05) is 31.1 Å². The Bertz CT molecular complexity index is 460. The Morgan fingerprint density at radius 3 is 3.00 bits per heavy atom.